The molecule has 0 spiro atoms. The van der Waals surface area contributed by atoms with Crippen LogP contribution in [0, 0.1) is 11.8 Å². The van der Waals surface area contributed by atoms with E-state index < -0.39 is 11.7 Å². The average molecular weight is 350 g/mol. The summed E-state index contributed by atoms with van der Waals surface area (Å²) < 4.78 is 39.7. The molecule has 1 fully saturated rings. The van der Waals surface area contributed by atoms with Crippen molar-refractivity contribution in [2.75, 3.05) is 5.32 Å². The Labute approximate surface area is 126 Å². The highest BCUT2D eigenvalue weighted by Gasteiger charge is 2.34. The Kier molecular flexibility index (Phi) is 4.67. The van der Waals surface area contributed by atoms with Crippen LogP contribution in [0.1, 0.15) is 38.7 Å². The molecule has 2 rings (SSSR count). The molecule has 20 heavy (non-hydrogen) atoms. The monoisotopic (exact) mass is 349 g/mol. The standard InChI is InChI=1S/C15H19BrF3N/c1-9-3-5-12(7-10(9)2)20-14-8-11(16)4-6-13(14)15(17,18)19/h4,6,8-10,12,20H,3,5,7H2,1-2H3. The summed E-state index contributed by atoms with van der Waals surface area (Å²) in [5.74, 6) is 1.19. The van der Waals surface area contributed by atoms with Crippen LogP contribution in [0.3, 0.4) is 0 Å². The maximum absolute atomic E-state index is 13.0. The number of anilines is 1. The van der Waals surface area contributed by atoms with E-state index in [1.165, 1.54) is 12.1 Å². The Hall–Kier alpha value is -0.710. The Morgan fingerprint density at radius 3 is 2.45 bits per heavy atom. The van der Waals surface area contributed by atoms with Crippen LogP contribution in [0.15, 0.2) is 22.7 Å². The van der Waals surface area contributed by atoms with E-state index >= 15 is 0 Å². The summed E-state index contributed by atoms with van der Waals surface area (Å²) in [5, 5.41) is 3.10. The topological polar surface area (TPSA) is 12.0 Å². The molecule has 112 valence electrons. The Morgan fingerprint density at radius 2 is 1.85 bits per heavy atom. The maximum Gasteiger partial charge on any atom is 0.418 e. The molecule has 3 atom stereocenters. The number of rotatable bonds is 2. The van der Waals surface area contributed by atoms with Gasteiger partial charge in [-0.15, -0.1) is 0 Å². The van der Waals surface area contributed by atoms with Crippen molar-refractivity contribution < 1.29 is 13.2 Å². The van der Waals surface area contributed by atoms with Gasteiger partial charge in [-0.05, 0) is 49.3 Å². The molecule has 0 bridgehead atoms. The third-order valence-electron chi connectivity index (χ3n) is 4.24. The van der Waals surface area contributed by atoms with Crippen molar-refractivity contribution >= 4 is 21.6 Å². The van der Waals surface area contributed by atoms with E-state index in [1.54, 1.807) is 0 Å². The molecule has 1 N–H and O–H groups in total. The molecule has 5 heteroatoms. The van der Waals surface area contributed by atoms with Gasteiger partial charge in [-0.2, -0.15) is 13.2 Å². The fraction of sp³-hybridized carbons (Fsp3) is 0.600. The van der Waals surface area contributed by atoms with Crippen LogP contribution in [0.25, 0.3) is 0 Å². The first kappa shape index (κ1) is 15.7. The van der Waals surface area contributed by atoms with Crippen molar-refractivity contribution in [3.63, 3.8) is 0 Å². The lowest BCUT2D eigenvalue weighted by Gasteiger charge is -2.33. The van der Waals surface area contributed by atoms with E-state index in [4.69, 9.17) is 0 Å². The minimum atomic E-state index is -4.32. The molecule has 1 aliphatic rings. The lowest BCUT2D eigenvalue weighted by atomic mass is 9.79. The minimum Gasteiger partial charge on any atom is -0.382 e. The van der Waals surface area contributed by atoms with E-state index in [-0.39, 0.29) is 11.7 Å². The number of benzene rings is 1. The molecular weight excluding hydrogens is 331 g/mol. The average Bonchev–Trinajstić information content (AvgIpc) is 2.32. The number of alkyl halides is 3. The van der Waals surface area contributed by atoms with Crippen LogP contribution in [0.2, 0.25) is 0 Å². The van der Waals surface area contributed by atoms with Crippen molar-refractivity contribution in [1.82, 2.24) is 0 Å². The summed E-state index contributed by atoms with van der Waals surface area (Å²) in [6.45, 7) is 4.38. The fourth-order valence-corrected chi connectivity index (χ4v) is 3.14. The van der Waals surface area contributed by atoms with Gasteiger partial charge in [0.05, 0.1) is 5.56 Å². The highest BCUT2D eigenvalue weighted by Crippen LogP contribution is 2.38. The quantitative estimate of drug-likeness (QED) is 0.721. The highest BCUT2D eigenvalue weighted by atomic mass is 79.9. The SMILES string of the molecule is CC1CCC(Nc2cc(Br)ccc2C(F)(F)F)CC1C. The molecule has 1 aromatic rings. The first-order valence-corrected chi connectivity index (χ1v) is 7.70. The van der Waals surface area contributed by atoms with Gasteiger partial charge < -0.3 is 5.32 Å². The van der Waals surface area contributed by atoms with Gasteiger partial charge in [0, 0.05) is 16.2 Å². The second-order valence-electron chi connectivity index (χ2n) is 5.80. The van der Waals surface area contributed by atoms with Crippen molar-refractivity contribution in [3.05, 3.63) is 28.2 Å². The zero-order chi connectivity index (χ0) is 14.9. The predicted molar refractivity (Wildman–Crippen MR) is 78.7 cm³/mol. The van der Waals surface area contributed by atoms with Crippen LogP contribution in [-0.4, -0.2) is 6.04 Å². The van der Waals surface area contributed by atoms with Crippen molar-refractivity contribution in [3.8, 4) is 0 Å². The lowest BCUT2D eigenvalue weighted by molar-refractivity contribution is -0.137. The third-order valence-corrected chi connectivity index (χ3v) is 4.74. The summed E-state index contributed by atoms with van der Waals surface area (Å²) in [6, 6.07) is 4.20. The summed E-state index contributed by atoms with van der Waals surface area (Å²) >= 11 is 3.24. The van der Waals surface area contributed by atoms with Gasteiger partial charge in [0.2, 0.25) is 0 Å². The van der Waals surface area contributed by atoms with Gasteiger partial charge >= 0.3 is 6.18 Å². The zero-order valence-electron chi connectivity index (χ0n) is 11.6. The van der Waals surface area contributed by atoms with Crippen LogP contribution >= 0.6 is 15.9 Å². The largest absolute Gasteiger partial charge is 0.418 e. The van der Waals surface area contributed by atoms with Crippen LogP contribution in [0.5, 0.6) is 0 Å². The number of hydrogen-bond donors (Lipinski definition) is 1. The van der Waals surface area contributed by atoms with Gasteiger partial charge in [-0.25, -0.2) is 0 Å². The van der Waals surface area contributed by atoms with Gasteiger partial charge in [-0.3, -0.25) is 0 Å². The number of nitrogens with one attached hydrogen (secondary N) is 1. The van der Waals surface area contributed by atoms with Gasteiger partial charge in [0.1, 0.15) is 0 Å². The van der Waals surface area contributed by atoms with Crippen LogP contribution in [-0.2, 0) is 6.18 Å². The molecule has 0 heterocycles. The van der Waals surface area contributed by atoms with E-state index in [0.717, 1.165) is 25.3 Å². The summed E-state index contributed by atoms with van der Waals surface area (Å²) in [4.78, 5) is 0. The van der Waals surface area contributed by atoms with Crippen molar-refractivity contribution in [2.24, 2.45) is 11.8 Å². The third kappa shape index (κ3) is 3.68. The van der Waals surface area contributed by atoms with E-state index in [2.05, 4.69) is 35.1 Å². The molecule has 1 nitrogen and oxygen atoms in total. The van der Waals surface area contributed by atoms with Crippen LogP contribution in [0.4, 0.5) is 18.9 Å². The van der Waals surface area contributed by atoms with E-state index in [0.29, 0.717) is 16.3 Å². The maximum atomic E-state index is 13.0. The molecule has 1 saturated carbocycles. The Bertz CT molecular complexity index is 473. The van der Waals surface area contributed by atoms with Crippen LogP contribution < -0.4 is 5.32 Å². The normalized spacial score (nSPS) is 27.4. The smallest absolute Gasteiger partial charge is 0.382 e. The fourth-order valence-electron chi connectivity index (χ4n) is 2.78. The summed E-state index contributed by atoms with van der Waals surface area (Å²) in [5.41, 5.74) is -0.411. The first-order valence-electron chi connectivity index (χ1n) is 6.90. The number of hydrogen-bond acceptors (Lipinski definition) is 1. The summed E-state index contributed by atoms with van der Waals surface area (Å²) in [7, 11) is 0. The second kappa shape index (κ2) is 5.96. The second-order valence-corrected chi connectivity index (χ2v) is 6.71. The van der Waals surface area contributed by atoms with Gasteiger partial charge in [-0.1, -0.05) is 29.8 Å². The van der Waals surface area contributed by atoms with Crippen molar-refractivity contribution in [1.29, 1.82) is 0 Å². The molecule has 0 radical (unpaired) electrons. The molecule has 0 saturated heterocycles. The molecular formula is C15H19BrF3N. The van der Waals surface area contributed by atoms with Crippen molar-refractivity contribution in [2.45, 2.75) is 45.3 Å². The molecule has 3 unspecified atom stereocenters. The molecule has 0 aromatic heterocycles. The van der Waals surface area contributed by atoms with Gasteiger partial charge in [0.15, 0.2) is 0 Å². The molecule has 1 aromatic carbocycles. The van der Waals surface area contributed by atoms with Gasteiger partial charge in [0.25, 0.3) is 0 Å². The minimum absolute atomic E-state index is 0.122. The highest BCUT2D eigenvalue weighted by molar-refractivity contribution is 9.10. The molecule has 1 aliphatic carbocycles. The summed E-state index contributed by atoms with van der Waals surface area (Å²) in [6.07, 6.45) is -1.41. The predicted octanol–water partition coefficient (Wildman–Crippen LogP) is 5.70. The molecule has 0 aliphatic heterocycles. The Morgan fingerprint density at radius 1 is 1.15 bits per heavy atom. The van der Waals surface area contributed by atoms with E-state index in [9.17, 15) is 13.2 Å². The molecule has 0 amide bonds. The lowest BCUT2D eigenvalue weighted by Crippen LogP contribution is -2.31. The Balaban J connectivity index is 2.18. The zero-order valence-corrected chi connectivity index (χ0v) is 13.2. The van der Waals surface area contributed by atoms with E-state index in [1.807, 2.05) is 0 Å². The number of halogens is 4. The first-order chi connectivity index (χ1) is 9.27.